The number of carbonyl (C=O) groups is 2. The number of benzene rings is 3. The second-order valence-corrected chi connectivity index (χ2v) is 9.62. The molecule has 0 bridgehead atoms. The van der Waals surface area contributed by atoms with Crippen LogP contribution < -0.4 is 10.9 Å². The van der Waals surface area contributed by atoms with Gasteiger partial charge in [-0.05, 0) is 81.8 Å². The molecule has 0 spiro atoms. The number of ether oxygens (including phenoxy) is 1. The highest BCUT2D eigenvalue weighted by Crippen LogP contribution is 2.44. The molecule has 0 aliphatic heterocycles. The highest BCUT2D eigenvalue weighted by Gasteiger charge is 2.29. The molecule has 0 aromatic heterocycles. The molecule has 2 amide bonds. The van der Waals surface area contributed by atoms with Crippen LogP contribution in [-0.4, -0.2) is 30.6 Å². The van der Waals surface area contributed by atoms with Crippen LogP contribution in [0.3, 0.4) is 0 Å². The predicted molar refractivity (Wildman–Crippen MR) is 197 cm³/mol. The van der Waals surface area contributed by atoms with Crippen molar-refractivity contribution in [3.8, 4) is 142 Å². The number of nitrogens with zero attached hydrogens (tertiary/aromatic N) is 1. The van der Waals surface area contributed by atoms with E-state index < -0.39 is 12.0 Å². The summed E-state index contributed by atoms with van der Waals surface area (Å²) in [7, 11) is 1.50. The molecule has 1 aliphatic rings. The van der Waals surface area contributed by atoms with Crippen LogP contribution in [0.25, 0.3) is 11.1 Å². The van der Waals surface area contributed by atoms with Gasteiger partial charge in [-0.25, -0.2) is 10.2 Å². The maximum absolute atomic E-state index is 13.1. The SMILES string of the molecule is C#CC#CC#CC#CC#CC#CC#CC#CC#CC#CC#CN(C)C(=O)c1ccccc1NNC(=O)OCC1c2ccccc2-c2ccccc21. The topological polar surface area (TPSA) is 70.7 Å². The van der Waals surface area contributed by atoms with Gasteiger partial charge in [-0.3, -0.25) is 15.1 Å². The van der Waals surface area contributed by atoms with Crippen molar-refractivity contribution in [3.63, 3.8) is 0 Å². The van der Waals surface area contributed by atoms with E-state index in [9.17, 15) is 9.59 Å². The molecular weight excluding hydrogens is 631 g/mol. The average Bonchev–Trinajstić information content (AvgIpc) is 3.48. The highest BCUT2D eigenvalue weighted by atomic mass is 16.6. The lowest BCUT2D eigenvalue weighted by Gasteiger charge is -2.17. The monoisotopic (exact) mass is 651 g/mol. The number of para-hydroxylation sites is 1. The molecule has 2 N–H and O–H groups in total. The Morgan fingerprint density at radius 2 is 1.06 bits per heavy atom. The van der Waals surface area contributed by atoms with Crippen LogP contribution in [0.2, 0.25) is 0 Å². The van der Waals surface area contributed by atoms with Crippen LogP contribution >= 0.6 is 0 Å². The van der Waals surface area contributed by atoms with Crippen molar-refractivity contribution in [2.75, 3.05) is 19.1 Å². The lowest BCUT2D eigenvalue weighted by atomic mass is 9.98. The van der Waals surface area contributed by atoms with E-state index in [2.05, 4.69) is 147 Å². The zero-order valence-corrected chi connectivity index (χ0v) is 27.0. The summed E-state index contributed by atoms with van der Waals surface area (Å²) in [6, 6.07) is 25.5. The molecule has 4 rings (SSSR count). The van der Waals surface area contributed by atoms with Gasteiger partial charge >= 0.3 is 6.09 Å². The number of hydrazine groups is 1. The molecule has 6 heteroatoms. The summed E-state index contributed by atoms with van der Waals surface area (Å²) in [4.78, 5) is 26.9. The number of rotatable bonds is 5. The second-order valence-electron chi connectivity index (χ2n) is 9.62. The van der Waals surface area contributed by atoms with Crippen LogP contribution in [0.1, 0.15) is 27.4 Å². The number of hydrogen-bond donors (Lipinski definition) is 2. The largest absolute Gasteiger partial charge is 0.447 e. The van der Waals surface area contributed by atoms with E-state index in [0.29, 0.717) is 5.69 Å². The van der Waals surface area contributed by atoms with Crippen molar-refractivity contribution < 1.29 is 14.3 Å². The molecule has 3 aromatic rings. The Balaban J connectivity index is 1.24. The fourth-order valence-electron chi connectivity index (χ4n) is 4.44. The number of anilines is 1. The second kappa shape index (κ2) is 19.8. The van der Waals surface area contributed by atoms with Gasteiger partial charge in [0.15, 0.2) is 0 Å². The van der Waals surface area contributed by atoms with Gasteiger partial charge in [-0.15, -0.1) is 6.42 Å². The zero-order chi connectivity index (χ0) is 35.9. The summed E-state index contributed by atoms with van der Waals surface area (Å²) < 4.78 is 5.57. The van der Waals surface area contributed by atoms with Crippen molar-refractivity contribution in [1.29, 1.82) is 0 Å². The molecule has 0 atom stereocenters. The van der Waals surface area contributed by atoms with Gasteiger partial charge < -0.3 is 4.74 Å². The molecule has 0 unspecified atom stereocenters. The minimum absolute atomic E-state index is 0.0796. The first-order valence-corrected chi connectivity index (χ1v) is 14.8. The third-order valence-corrected chi connectivity index (χ3v) is 6.53. The van der Waals surface area contributed by atoms with E-state index in [1.165, 1.54) is 11.9 Å². The van der Waals surface area contributed by atoms with E-state index in [0.717, 1.165) is 22.3 Å². The van der Waals surface area contributed by atoms with Gasteiger partial charge in [0.2, 0.25) is 0 Å². The van der Waals surface area contributed by atoms with Crippen molar-refractivity contribution in [3.05, 3.63) is 89.5 Å². The lowest BCUT2D eigenvalue weighted by molar-refractivity contribution is 0.0861. The van der Waals surface area contributed by atoms with Gasteiger partial charge in [0.05, 0.1) is 11.3 Å². The molecule has 1 aliphatic carbocycles. The molecule has 0 saturated carbocycles. The number of amides is 2. The van der Waals surface area contributed by atoms with Gasteiger partial charge in [0, 0.05) is 90.1 Å². The first-order valence-electron chi connectivity index (χ1n) is 14.8. The van der Waals surface area contributed by atoms with Gasteiger partial charge in [-0.2, -0.15) is 0 Å². The maximum atomic E-state index is 13.1. The highest BCUT2D eigenvalue weighted by molar-refractivity contribution is 6.00. The van der Waals surface area contributed by atoms with E-state index in [-0.39, 0.29) is 18.1 Å². The zero-order valence-electron chi connectivity index (χ0n) is 27.0. The molecule has 234 valence electrons. The maximum Gasteiger partial charge on any atom is 0.425 e. The van der Waals surface area contributed by atoms with Gasteiger partial charge in [0.25, 0.3) is 5.91 Å². The Bertz CT molecular complexity index is 2530. The Morgan fingerprint density at radius 1 is 0.627 bits per heavy atom. The van der Waals surface area contributed by atoms with Crippen LogP contribution in [0, 0.1) is 131 Å². The van der Waals surface area contributed by atoms with Crippen molar-refractivity contribution >= 4 is 17.7 Å². The van der Waals surface area contributed by atoms with E-state index >= 15 is 0 Å². The van der Waals surface area contributed by atoms with Gasteiger partial charge in [-0.1, -0.05) is 60.7 Å². The fraction of sp³-hybridized carbons (Fsp3) is 0.0667. The van der Waals surface area contributed by atoms with E-state index in [1.54, 1.807) is 24.3 Å². The van der Waals surface area contributed by atoms with Crippen LogP contribution in [0.5, 0.6) is 0 Å². The van der Waals surface area contributed by atoms with Crippen molar-refractivity contribution in [2.45, 2.75) is 5.92 Å². The number of nitrogens with one attached hydrogen (secondary N) is 2. The normalized spacial score (nSPS) is 8.63. The van der Waals surface area contributed by atoms with E-state index in [1.807, 2.05) is 36.4 Å². The Hall–Kier alpha value is -8.64. The molecule has 0 fully saturated rings. The van der Waals surface area contributed by atoms with Crippen molar-refractivity contribution in [1.82, 2.24) is 10.3 Å². The first kappa shape index (κ1) is 35.2. The summed E-state index contributed by atoms with van der Waals surface area (Å²) in [5, 5.41) is 0. The lowest BCUT2D eigenvalue weighted by Crippen LogP contribution is -2.32. The Morgan fingerprint density at radius 3 is 1.57 bits per heavy atom. The van der Waals surface area contributed by atoms with Gasteiger partial charge in [0.1, 0.15) is 6.61 Å². The molecule has 0 radical (unpaired) electrons. The molecule has 6 nitrogen and oxygen atoms in total. The third kappa shape index (κ3) is 11.0. The average molecular weight is 652 g/mol. The molecule has 0 saturated heterocycles. The first-order chi connectivity index (χ1) is 25.1. The fourth-order valence-corrected chi connectivity index (χ4v) is 4.44. The molecular formula is C45H21N3O3. The summed E-state index contributed by atoms with van der Waals surface area (Å²) in [5.74, 6) is 48.9. The van der Waals surface area contributed by atoms with Crippen LogP contribution in [0.4, 0.5) is 10.5 Å². The molecule has 0 heterocycles. The van der Waals surface area contributed by atoms with Crippen LogP contribution in [0.15, 0.2) is 72.8 Å². The quantitative estimate of drug-likeness (QED) is 0.246. The summed E-state index contributed by atoms with van der Waals surface area (Å²) in [6.45, 7) is 0.152. The molecule has 3 aromatic carbocycles. The number of carbonyl (C=O) groups excluding carboxylic acids is 2. The number of fused-ring (bicyclic) bond motifs is 3. The number of hydrogen-bond acceptors (Lipinski definition) is 4. The Labute approximate surface area is 298 Å². The number of terminal acetylenes is 1. The minimum atomic E-state index is -0.687. The standard InChI is InChI=1S/C45H21N3O3/c1-3-4-5-6-7-8-9-10-11-12-13-14-15-16-17-18-19-20-21-28-35-48(2)44(49)41-33-26-27-34-43(41)46-47-45(50)51-36-42-39-31-24-22-29-37(39)38-30-23-25-32-40(38)42/h1,22-27,29-34,42,46H,36H2,2H3,(H,47,50). The Kier molecular flexibility index (Phi) is 13.7. The third-order valence-electron chi connectivity index (χ3n) is 6.53. The van der Waals surface area contributed by atoms with Crippen LogP contribution in [-0.2, 0) is 4.74 Å². The summed E-state index contributed by atoms with van der Waals surface area (Å²) in [6.07, 6.45) is 4.27. The predicted octanol–water partition coefficient (Wildman–Crippen LogP) is 4.25. The summed E-state index contributed by atoms with van der Waals surface area (Å²) >= 11 is 0. The molecule has 51 heavy (non-hydrogen) atoms. The smallest absolute Gasteiger partial charge is 0.425 e. The summed E-state index contributed by atoms with van der Waals surface area (Å²) in [5.41, 5.74) is 10.4. The van der Waals surface area contributed by atoms with Crippen molar-refractivity contribution in [2.24, 2.45) is 0 Å². The van der Waals surface area contributed by atoms with E-state index in [4.69, 9.17) is 11.2 Å². The minimum Gasteiger partial charge on any atom is -0.447 e.